The third-order valence-corrected chi connectivity index (χ3v) is 42.1. The Morgan fingerprint density at radius 1 is 0.143 bits per heavy atom. The molecule has 0 aromatic carbocycles. The lowest BCUT2D eigenvalue weighted by atomic mass is 9.68. The van der Waals surface area contributed by atoms with Gasteiger partial charge in [-0.25, -0.2) is 0 Å². The van der Waals surface area contributed by atoms with Gasteiger partial charge in [-0.1, -0.05) is 294 Å². The monoisotopic (exact) mass is 1950 g/mol. The zero-order valence-electron chi connectivity index (χ0n) is 94.0. The molecule has 0 aliphatic heterocycles. The second-order valence-electron chi connectivity index (χ2n) is 52.0. The van der Waals surface area contributed by atoms with Crippen molar-refractivity contribution in [3.05, 3.63) is 0 Å². The van der Waals surface area contributed by atoms with E-state index in [1.54, 1.807) is 0 Å². The Morgan fingerprint density at radius 2 is 0.279 bits per heavy atom. The van der Waals surface area contributed by atoms with Gasteiger partial charge in [0, 0.05) is 0 Å². The molecule has 15 rings (SSSR count). The highest BCUT2D eigenvalue weighted by molar-refractivity contribution is 5.74. The van der Waals surface area contributed by atoms with Gasteiger partial charge >= 0.3 is 29.8 Å². The highest BCUT2D eigenvalue weighted by atomic mass is 16.6. The molecule has 140 heavy (non-hydrogen) atoms. The van der Waals surface area contributed by atoms with E-state index in [0.29, 0.717) is 0 Å². The van der Waals surface area contributed by atoms with Gasteiger partial charge in [-0.15, -0.1) is 0 Å². The zero-order valence-corrected chi connectivity index (χ0v) is 94.0. The summed E-state index contributed by atoms with van der Waals surface area (Å²) in [5.74, 6) is 20.3. The van der Waals surface area contributed by atoms with Crippen LogP contribution >= 0.6 is 0 Å². The molecule has 0 atom stereocenters. The Bertz CT molecular complexity index is 3150. The van der Waals surface area contributed by atoms with Gasteiger partial charge in [0.05, 0.1) is 29.6 Å². The van der Waals surface area contributed by atoms with E-state index in [4.69, 9.17) is 23.7 Å². The fourth-order valence-corrected chi connectivity index (χ4v) is 32.4. The van der Waals surface area contributed by atoms with Crippen LogP contribution in [-0.2, 0) is 47.7 Å². The molecule has 0 unspecified atom stereocenters. The van der Waals surface area contributed by atoms with Crippen molar-refractivity contribution in [2.45, 2.75) is 646 Å². The van der Waals surface area contributed by atoms with Gasteiger partial charge in [0.1, 0.15) is 30.5 Å². The third kappa shape index (κ3) is 41.6. The summed E-state index contributed by atoms with van der Waals surface area (Å²) < 4.78 is 29.8. The number of rotatable bonds is 40. The number of carbonyl (C=O) groups excluding carboxylic acids is 5. The van der Waals surface area contributed by atoms with E-state index < -0.39 is 0 Å². The fourth-order valence-electron chi connectivity index (χ4n) is 32.4. The van der Waals surface area contributed by atoms with Crippen LogP contribution < -0.4 is 0 Å². The predicted molar refractivity (Wildman–Crippen MR) is 586 cm³/mol. The van der Waals surface area contributed by atoms with Crippen LogP contribution in [0.3, 0.4) is 0 Å². The van der Waals surface area contributed by atoms with Crippen LogP contribution in [0.25, 0.3) is 0 Å². The maximum atomic E-state index is 12.8. The molecular weight excluding hydrogens is 1720 g/mol. The molecule has 0 heterocycles. The summed E-state index contributed by atoms with van der Waals surface area (Å²) in [7, 11) is 0. The first-order valence-electron chi connectivity index (χ1n) is 64.5. The average molecular weight is 1950 g/mol. The van der Waals surface area contributed by atoms with Gasteiger partial charge in [0.15, 0.2) is 0 Å². The fraction of sp³-hybridized carbons (Fsp3) is 0.962. The second-order valence-corrected chi connectivity index (χ2v) is 52.0. The van der Waals surface area contributed by atoms with Gasteiger partial charge in [0.2, 0.25) is 0 Å². The number of hydrogen-bond acceptors (Lipinski definition) is 10. The summed E-state index contributed by atoms with van der Waals surface area (Å²) in [5.41, 5.74) is 0. The van der Waals surface area contributed by atoms with Crippen LogP contribution in [0.1, 0.15) is 615 Å². The van der Waals surface area contributed by atoms with Crippen molar-refractivity contribution in [3.63, 3.8) is 0 Å². The molecule has 15 aliphatic carbocycles. The van der Waals surface area contributed by atoms with Crippen molar-refractivity contribution in [2.75, 3.05) is 0 Å². The van der Waals surface area contributed by atoms with E-state index in [2.05, 4.69) is 69.2 Å². The zero-order chi connectivity index (χ0) is 98.8. The first kappa shape index (κ1) is 118. The molecule has 810 valence electrons. The standard InChI is InChI=1S/C28H50O2.C27H48O2.C26H46O2.C25H44O2.C24H42O2/c1-3-5-7-9-23-12-20-27(21-13-23)30-28(29)26-18-16-25(17-19-26)24-14-10-22(11-15-24)8-6-4-2;1-3-5-6-8-22-11-19-26(20-12-22)29-27(28)25-17-15-24(16-18-25)23-13-9-21(7-4-2)10-14-23;1-3-5-7-21-10-18-25(19-11-21)28-26(27)24-16-14-23(15-17-24)22-12-8-20(6-4-2)9-13-22;1-3-5-19-7-11-21(12-8-19)22-13-15-23(16-14-22)25(26)27-24-17-9-20(6-4-2)10-18-24;1-3-5-19-6-10-20(11-7-19)21-12-14-22(15-13-21)24(25)26-23-16-8-18(4-2)9-17-23/h22-27H,3-21H2,1-2H3;21-26H,3-20H2,1-2H3;20-25H,3-19H2,1-2H3;19-24H,3-18H2,1-2H3;18-23H,3-17H2,1-2H3. The highest BCUT2D eigenvalue weighted by Crippen LogP contribution is 2.51. The number of unbranched alkanes of at least 4 members (excludes halogenated alkanes) is 6. The SMILES string of the molecule is CCCC1CCC(C2CCC(C(=O)OC3CCC(CC)CC3)CC2)CC1.CCCC1CCC(OC(=O)C2CCC(C3CCC(CCC)CC3)CC2)CC1.CCCCC1CCC(OC(=O)C2CCC(C3CCC(CCC)CC3)CC2)CC1.CCCCCC1CCC(OC(=O)C2CCC(C3CCC(CCC)CC3)CC2)CC1.CCCCCC1CCC(OC(=O)C2CCC(C3CCC(CCCC)CC3)CC2)CC1. The minimum absolute atomic E-state index is 0.134. The number of esters is 5. The average Bonchev–Trinajstić information content (AvgIpc) is 0.851. The van der Waals surface area contributed by atoms with Crippen LogP contribution in [0.4, 0.5) is 0 Å². The molecule has 0 amide bonds. The van der Waals surface area contributed by atoms with Gasteiger partial charge in [-0.3, -0.25) is 24.0 Å². The minimum atomic E-state index is 0.134. The molecule has 0 saturated heterocycles. The van der Waals surface area contributed by atoms with Crippen LogP contribution in [0.2, 0.25) is 0 Å². The first-order valence-corrected chi connectivity index (χ1v) is 64.5. The molecule has 0 spiro atoms. The quantitative estimate of drug-likeness (QED) is 0.0332. The highest BCUT2D eigenvalue weighted by Gasteiger charge is 2.43. The van der Waals surface area contributed by atoms with Crippen molar-refractivity contribution >= 4 is 29.8 Å². The van der Waals surface area contributed by atoms with Crippen LogP contribution in [0, 0.1) is 148 Å². The summed E-state index contributed by atoms with van der Waals surface area (Å²) in [4.78, 5) is 63.4. The van der Waals surface area contributed by atoms with Crippen molar-refractivity contribution in [3.8, 4) is 0 Å². The Morgan fingerprint density at radius 3 is 0.429 bits per heavy atom. The molecule has 15 aliphatic rings. The summed E-state index contributed by atoms with van der Waals surface area (Å²) in [6, 6.07) is 0. The van der Waals surface area contributed by atoms with Crippen molar-refractivity contribution in [1.29, 1.82) is 0 Å². The normalized spacial score (nSPS) is 36.8. The largest absolute Gasteiger partial charge is 0.462 e. The van der Waals surface area contributed by atoms with Crippen molar-refractivity contribution in [2.24, 2.45) is 148 Å². The molecule has 0 aromatic rings. The summed E-state index contributed by atoms with van der Waals surface area (Å²) in [6.45, 7) is 23.0. The van der Waals surface area contributed by atoms with E-state index >= 15 is 0 Å². The molecule has 15 fully saturated rings. The van der Waals surface area contributed by atoms with Gasteiger partial charge < -0.3 is 23.7 Å². The molecule has 10 nitrogen and oxygen atoms in total. The van der Waals surface area contributed by atoms with Gasteiger partial charge in [-0.05, 0) is 439 Å². The molecular formula is C130H230O10. The second kappa shape index (κ2) is 67.5. The molecule has 0 radical (unpaired) electrons. The maximum absolute atomic E-state index is 12.8. The van der Waals surface area contributed by atoms with Crippen LogP contribution in [0.5, 0.6) is 0 Å². The smallest absolute Gasteiger partial charge is 0.309 e. The van der Waals surface area contributed by atoms with E-state index in [0.717, 1.165) is 247 Å². The molecule has 15 saturated carbocycles. The van der Waals surface area contributed by atoms with Crippen molar-refractivity contribution in [1.82, 2.24) is 0 Å². The summed E-state index contributed by atoms with van der Waals surface area (Å²) >= 11 is 0. The Labute approximate surface area is 865 Å². The molecule has 0 aromatic heterocycles. The Balaban J connectivity index is 0.000000168. The lowest BCUT2D eigenvalue weighted by Crippen LogP contribution is -2.32. The third-order valence-electron chi connectivity index (χ3n) is 42.1. The topological polar surface area (TPSA) is 132 Å². The summed E-state index contributed by atoms with van der Waals surface area (Å²) in [6.07, 6.45) is 112. The molecule has 10 heteroatoms. The maximum Gasteiger partial charge on any atom is 0.309 e. The number of hydrogen-bond donors (Lipinski definition) is 0. The molecule has 0 bridgehead atoms. The molecule has 0 N–H and O–H groups in total. The summed E-state index contributed by atoms with van der Waals surface area (Å²) in [5, 5.41) is 0. The van der Waals surface area contributed by atoms with Crippen LogP contribution in [0.15, 0.2) is 0 Å². The lowest BCUT2D eigenvalue weighted by Gasteiger charge is -2.38. The Kier molecular flexibility index (Phi) is 56.7. The predicted octanol–water partition coefficient (Wildman–Crippen LogP) is 38.5. The van der Waals surface area contributed by atoms with Gasteiger partial charge in [-0.2, -0.15) is 0 Å². The van der Waals surface area contributed by atoms with E-state index in [9.17, 15) is 24.0 Å². The van der Waals surface area contributed by atoms with Gasteiger partial charge in [0.25, 0.3) is 0 Å². The first-order chi connectivity index (χ1) is 68.5. The van der Waals surface area contributed by atoms with E-state index in [1.165, 1.54) is 417 Å². The lowest BCUT2D eigenvalue weighted by molar-refractivity contribution is -0.158. The van der Waals surface area contributed by atoms with E-state index in [1.807, 2.05) is 0 Å². The minimum Gasteiger partial charge on any atom is -0.462 e. The van der Waals surface area contributed by atoms with Crippen LogP contribution in [-0.4, -0.2) is 60.4 Å². The van der Waals surface area contributed by atoms with Crippen molar-refractivity contribution < 1.29 is 47.7 Å². The Hall–Kier alpha value is -2.65. The number of carbonyl (C=O) groups is 5. The van der Waals surface area contributed by atoms with E-state index in [-0.39, 0.29) is 90.0 Å². The number of ether oxygens (including phenoxy) is 5.